The van der Waals surface area contributed by atoms with Crippen molar-refractivity contribution in [2.45, 2.75) is 13.8 Å². The Balaban J connectivity index is 2.50. The molecule has 0 bridgehead atoms. The minimum absolute atomic E-state index is 0.0243. The van der Waals surface area contributed by atoms with Crippen LogP contribution in [0.25, 0.3) is 0 Å². The molecule has 0 saturated carbocycles. The van der Waals surface area contributed by atoms with Crippen LogP contribution in [-0.2, 0) is 4.79 Å². The zero-order valence-corrected chi connectivity index (χ0v) is 10.2. The molecule has 18 heavy (non-hydrogen) atoms. The van der Waals surface area contributed by atoms with Gasteiger partial charge in [-0.3, -0.25) is 4.79 Å². The van der Waals surface area contributed by atoms with E-state index in [2.05, 4.69) is 10.6 Å². The second kappa shape index (κ2) is 5.48. The first kappa shape index (κ1) is 14.0. The van der Waals surface area contributed by atoms with Gasteiger partial charge < -0.3 is 15.7 Å². The molecule has 6 heteroatoms. The van der Waals surface area contributed by atoms with Gasteiger partial charge in [0.15, 0.2) is 0 Å². The lowest BCUT2D eigenvalue weighted by molar-refractivity contribution is -0.146. The molecule has 5 nitrogen and oxygen atoms in total. The number of aliphatic carboxylic acids is 1. The number of carboxylic acids is 1. The van der Waals surface area contributed by atoms with Crippen LogP contribution < -0.4 is 10.6 Å². The molecule has 0 saturated heterocycles. The molecule has 0 spiro atoms. The smallest absolute Gasteiger partial charge is 0.319 e. The number of amides is 2. The number of halogens is 1. The molecule has 0 unspecified atom stereocenters. The first-order chi connectivity index (χ1) is 8.31. The van der Waals surface area contributed by atoms with E-state index in [4.69, 9.17) is 5.11 Å². The normalized spacial score (nSPS) is 10.8. The Hall–Kier alpha value is -2.11. The third kappa shape index (κ3) is 4.04. The van der Waals surface area contributed by atoms with Crippen molar-refractivity contribution in [1.29, 1.82) is 0 Å². The van der Waals surface area contributed by atoms with E-state index in [1.54, 1.807) is 0 Å². The van der Waals surface area contributed by atoms with E-state index in [9.17, 15) is 14.0 Å². The van der Waals surface area contributed by atoms with Crippen LogP contribution in [0.5, 0.6) is 0 Å². The van der Waals surface area contributed by atoms with Crippen molar-refractivity contribution in [3.63, 3.8) is 0 Å². The van der Waals surface area contributed by atoms with Crippen molar-refractivity contribution in [1.82, 2.24) is 5.32 Å². The molecule has 0 fully saturated rings. The lowest BCUT2D eigenvalue weighted by Gasteiger charge is -2.19. The third-order valence-corrected chi connectivity index (χ3v) is 2.35. The molecule has 0 aromatic heterocycles. The van der Waals surface area contributed by atoms with Gasteiger partial charge in [0.25, 0.3) is 0 Å². The summed E-state index contributed by atoms with van der Waals surface area (Å²) < 4.78 is 12.8. The van der Waals surface area contributed by atoms with Gasteiger partial charge in [-0.1, -0.05) is 6.07 Å². The molecule has 1 aromatic carbocycles. The fourth-order valence-corrected chi connectivity index (χ4v) is 1.12. The number of benzene rings is 1. The second-order valence-electron chi connectivity index (χ2n) is 4.51. The van der Waals surface area contributed by atoms with E-state index in [0.717, 1.165) is 0 Å². The minimum Gasteiger partial charge on any atom is -0.481 e. The summed E-state index contributed by atoms with van der Waals surface area (Å²) in [4.78, 5) is 22.3. The molecule has 2 amide bonds. The summed E-state index contributed by atoms with van der Waals surface area (Å²) in [6, 6.07) is 4.85. The van der Waals surface area contributed by atoms with Gasteiger partial charge in [0.05, 0.1) is 5.41 Å². The number of hydrogen-bond donors (Lipinski definition) is 3. The second-order valence-corrected chi connectivity index (χ2v) is 4.51. The van der Waals surface area contributed by atoms with Gasteiger partial charge in [0, 0.05) is 12.2 Å². The SMILES string of the molecule is CC(C)(CNC(=O)Nc1cccc(F)c1)C(=O)O. The Kier molecular flexibility index (Phi) is 4.25. The van der Waals surface area contributed by atoms with Gasteiger partial charge in [-0.2, -0.15) is 0 Å². The quantitative estimate of drug-likeness (QED) is 0.769. The number of anilines is 1. The van der Waals surface area contributed by atoms with Crippen molar-refractivity contribution >= 4 is 17.7 Å². The Morgan fingerprint density at radius 3 is 2.61 bits per heavy atom. The molecule has 0 aliphatic rings. The monoisotopic (exact) mass is 254 g/mol. The maximum Gasteiger partial charge on any atom is 0.319 e. The van der Waals surface area contributed by atoms with Crippen molar-refractivity contribution in [2.75, 3.05) is 11.9 Å². The van der Waals surface area contributed by atoms with Gasteiger partial charge in [0.1, 0.15) is 5.82 Å². The average molecular weight is 254 g/mol. The molecule has 0 radical (unpaired) electrons. The fourth-order valence-electron chi connectivity index (χ4n) is 1.12. The van der Waals surface area contributed by atoms with Gasteiger partial charge in [-0.15, -0.1) is 0 Å². The van der Waals surface area contributed by atoms with E-state index >= 15 is 0 Å². The predicted octanol–water partition coefficient (Wildman–Crippen LogP) is 2.06. The lowest BCUT2D eigenvalue weighted by Crippen LogP contribution is -2.40. The van der Waals surface area contributed by atoms with Crippen molar-refractivity contribution in [2.24, 2.45) is 5.41 Å². The number of rotatable bonds is 4. The van der Waals surface area contributed by atoms with Crippen LogP contribution in [0, 0.1) is 11.2 Å². The van der Waals surface area contributed by atoms with Gasteiger partial charge in [-0.05, 0) is 32.0 Å². The topological polar surface area (TPSA) is 78.4 Å². The number of urea groups is 1. The maximum atomic E-state index is 12.8. The van der Waals surface area contributed by atoms with Crippen LogP contribution >= 0.6 is 0 Å². The molecular weight excluding hydrogens is 239 g/mol. The summed E-state index contributed by atoms with van der Waals surface area (Å²) in [7, 11) is 0. The highest BCUT2D eigenvalue weighted by molar-refractivity contribution is 5.89. The first-order valence-corrected chi connectivity index (χ1v) is 5.35. The zero-order valence-electron chi connectivity index (χ0n) is 10.2. The zero-order chi connectivity index (χ0) is 13.8. The summed E-state index contributed by atoms with van der Waals surface area (Å²) in [5.74, 6) is -1.47. The van der Waals surface area contributed by atoms with E-state index in [1.807, 2.05) is 0 Å². The third-order valence-electron chi connectivity index (χ3n) is 2.35. The van der Waals surface area contributed by atoms with E-state index in [0.29, 0.717) is 5.69 Å². The Bertz CT molecular complexity index is 460. The molecule has 0 aliphatic carbocycles. The summed E-state index contributed by atoms with van der Waals surface area (Å²) in [6.07, 6.45) is 0. The average Bonchev–Trinajstić information content (AvgIpc) is 2.26. The standard InChI is InChI=1S/C12H15FN2O3/c1-12(2,10(16)17)7-14-11(18)15-9-5-3-4-8(13)6-9/h3-6H,7H2,1-2H3,(H,16,17)(H2,14,15,18). The Morgan fingerprint density at radius 2 is 2.06 bits per heavy atom. The Morgan fingerprint density at radius 1 is 1.39 bits per heavy atom. The van der Waals surface area contributed by atoms with Crippen molar-refractivity contribution in [3.05, 3.63) is 30.1 Å². The number of carbonyl (C=O) groups excluding carboxylic acids is 1. The summed E-state index contributed by atoms with van der Waals surface area (Å²) in [6.45, 7) is 2.97. The molecular formula is C12H15FN2O3. The van der Waals surface area contributed by atoms with Crippen LogP contribution in [0.15, 0.2) is 24.3 Å². The number of nitrogens with one attached hydrogen (secondary N) is 2. The number of carbonyl (C=O) groups is 2. The molecule has 1 rings (SSSR count). The van der Waals surface area contributed by atoms with Crippen molar-refractivity contribution in [3.8, 4) is 0 Å². The van der Waals surface area contributed by atoms with Gasteiger partial charge in [0.2, 0.25) is 0 Å². The van der Waals surface area contributed by atoms with E-state index in [-0.39, 0.29) is 6.54 Å². The summed E-state index contributed by atoms with van der Waals surface area (Å²) in [5, 5.41) is 13.7. The van der Waals surface area contributed by atoms with Gasteiger partial charge in [-0.25, -0.2) is 9.18 Å². The van der Waals surface area contributed by atoms with Crippen LogP contribution in [0.4, 0.5) is 14.9 Å². The van der Waals surface area contributed by atoms with Crippen molar-refractivity contribution < 1.29 is 19.1 Å². The highest BCUT2D eigenvalue weighted by atomic mass is 19.1. The fraction of sp³-hybridized carbons (Fsp3) is 0.333. The lowest BCUT2D eigenvalue weighted by atomic mass is 9.94. The first-order valence-electron chi connectivity index (χ1n) is 5.35. The van der Waals surface area contributed by atoms with Crippen LogP contribution in [0.2, 0.25) is 0 Å². The molecule has 0 aliphatic heterocycles. The van der Waals surface area contributed by atoms with Crippen LogP contribution in [0.3, 0.4) is 0 Å². The van der Waals surface area contributed by atoms with Gasteiger partial charge >= 0.3 is 12.0 Å². The molecule has 98 valence electrons. The van der Waals surface area contributed by atoms with E-state index < -0.39 is 23.2 Å². The highest BCUT2D eigenvalue weighted by Crippen LogP contribution is 2.13. The summed E-state index contributed by atoms with van der Waals surface area (Å²) >= 11 is 0. The highest BCUT2D eigenvalue weighted by Gasteiger charge is 2.27. The Labute approximate surface area is 104 Å². The number of carboxylic acid groups (broad SMARTS) is 1. The molecule has 1 aromatic rings. The molecule has 0 heterocycles. The molecule has 0 atom stereocenters. The maximum absolute atomic E-state index is 12.8. The largest absolute Gasteiger partial charge is 0.481 e. The minimum atomic E-state index is -1.06. The summed E-state index contributed by atoms with van der Waals surface area (Å²) in [5.41, 5.74) is -0.750. The predicted molar refractivity (Wildman–Crippen MR) is 64.8 cm³/mol. The number of hydrogen-bond acceptors (Lipinski definition) is 2. The van der Waals surface area contributed by atoms with Crippen LogP contribution in [-0.4, -0.2) is 23.7 Å². The van der Waals surface area contributed by atoms with E-state index in [1.165, 1.54) is 38.1 Å². The van der Waals surface area contributed by atoms with Crippen LogP contribution in [0.1, 0.15) is 13.8 Å². The molecule has 3 N–H and O–H groups in total.